The number of carbonyl (C=O) groups excluding carboxylic acids is 1. The third-order valence-electron chi connectivity index (χ3n) is 3.97. The molecule has 1 fully saturated rings. The van der Waals surface area contributed by atoms with Gasteiger partial charge in [-0.1, -0.05) is 36.7 Å². The van der Waals surface area contributed by atoms with Crippen LogP contribution in [-0.4, -0.2) is 41.7 Å². The van der Waals surface area contributed by atoms with Crippen molar-refractivity contribution < 1.29 is 9.90 Å². The van der Waals surface area contributed by atoms with E-state index >= 15 is 0 Å². The molecule has 0 spiro atoms. The molecule has 2 rings (SSSR count). The van der Waals surface area contributed by atoms with Gasteiger partial charge < -0.3 is 10.4 Å². The maximum absolute atomic E-state index is 12.0. The van der Waals surface area contributed by atoms with Gasteiger partial charge in [-0.05, 0) is 30.5 Å². The van der Waals surface area contributed by atoms with Crippen molar-refractivity contribution >= 4 is 17.5 Å². The number of rotatable bonds is 5. The van der Waals surface area contributed by atoms with Crippen LogP contribution in [-0.2, 0) is 11.3 Å². The van der Waals surface area contributed by atoms with Crippen LogP contribution in [0, 0.1) is 5.92 Å². The lowest BCUT2D eigenvalue weighted by Gasteiger charge is -2.24. The van der Waals surface area contributed by atoms with Crippen LogP contribution in [0.3, 0.4) is 0 Å². The van der Waals surface area contributed by atoms with E-state index in [0.717, 1.165) is 18.5 Å². The number of nitrogens with zero attached hydrogens (tertiary/aromatic N) is 1. The van der Waals surface area contributed by atoms with Gasteiger partial charge in [0.25, 0.3) is 0 Å². The summed E-state index contributed by atoms with van der Waals surface area (Å²) in [4.78, 5) is 14.0. The zero-order valence-electron chi connectivity index (χ0n) is 11.7. The smallest absolute Gasteiger partial charge is 0.234 e. The second kappa shape index (κ2) is 7.07. The first-order chi connectivity index (χ1) is 9.61. The van der Waals surface area contributed by atoms with Gasteiger partial charge in [0.2, 0.25) is 5.91 Å². The predicted molar refractivity (Wildman–Crippen MR) is 79.5 cm³/mol. The summed E-state index contributed by atoms with van der Waals surface area (Å²) in [6.07, 6.45) is 1.03. The summed E-state index contributed by atoms with van der Waals surface area (Å²) in [6, 6.07) is 7.58. The van der Waals surface area contributed by atoms with E-state index in [1.54, 1.807) is 0 Å². The summed E-state index contributed by atoms with van der Waals surface area (Å²) >= 11 is 6.05. The fraction of sp³-hybridized carbons (Fsp3) is 0.533. The number of amides is 1. The average molecular weight is 297 g/mol. The van der Waals surface area contributed by atoms with Crippen LogP contribution in [0.2, 0.25) is 5.02 Å². The molecule has 2 atom stereocenters. The molecule has 0 aromatic heterocycles. The van der Waals surface area contributed by atoms with Crippen LogP contribution < -0.4 is 5.32 Å². The zero-order valence-corrected chi connectivity index (χ0v) is 12.4. The minimum Gasteiger partial charge on any atom is -0.395 e. The first kappa shape index (κ1) is 15.3. The Kier molecular flexibility index (Phi) is 5.40. The Balaban J connectivity index is 1.83. The first-order valence-corrected chi connectivity index (χ1v) is 7.34. The second-order valence-electron chi connectivity index (χ2n) is 5.35. The van der Waals surface area contributed by atoms with Gasteiger partial charge in [0.05, 0.1) is 13.2 Å². The Morgan fingerprint density at radius 2 is 2.25 bits per heavy atom. The van der Waals surface area contributed by atoms with E-state index in [4.69, 9.17) is 11.6 Å². The molecule has 1 aliphatic heterocycles. The molecule has 20 heavy (non-hydrogen) atoms. The number of aliphatic hydroxyl groups is 1. The highest BCUT2D eigenvalue weighted by Gasteiger charge is 2.31. The maximum Gasteiger partial charge on any atom is 0.234 e. The molecule has 2 N–H and O–H groups in total. The van der Waals surface area contributed by atoms with Crippen LogP contribution in [0.1, 0.15) is 18.9 Å². The Labute approximate surface area is 124 Å². The van der Waals surface area contributed by atoms with E-state index in [-0.39, 0.29) is 18.6 Å². The number of benzene rings is 1. The monoisotopic (exact) mass is 296 g/mol. The van der Waals surface area contributed by atoms with E-state index in [0.29, 0.717) is 24.0 Å². The van der Waals surface area contributed by atoms with Crippen molar-refractivity contribution in [1.82, 2.24) is 10.2 Å². The van der Waals surface area contributed by atoms with Crippen LogP contribution in [0.4, 0.5) is 0 Å². The van der Waals surface area contributed by atoms with Gasteiger partial charge in [0, 0.05) is 17.6 Å². The van der Waals surface area contributed by atoms with E-state index in [1.807, 2.05) is 29.2 Å². The van der Waals surface area contributed by atoms with Crippen molar-refractivity contribution in [2.75, 3.05) is 19.7 Å². The number of hydrogen-bond acceptors (Lipinski definition) is 3. The molecule has 0 saturated carbocycles. The highest BCUT2D eigenvalue weighted by Crippen LogP contribution is 2.22. The number of nitrogens with one attached hydrogen (secondary N) is 1. The van der Waals surface area contributed by atoms with E-state index < -0.39 is 0 Å². The summed E-state index contributed by atoms with van der Waals surface area (Å²) in [5.41, 5.74) is 0.913. The van der Waals surface area contributed by atoms with Crippen LogP contribution in [0.15, 0.2) is 24.3 Å². The molecule has 0 radical (unpaired) electrons. The maximum atomic E-state index is 12.0. The highest BCUT2D eigenvalue weighted by molar-refractivity contribution is 6.31. The van der Waals surface area contributed by atoms with Gasteiger partial charge in [-0.15, -0.1) is 0 Å². The highest BCUT2D eigenvalue weighted by atomic mass is 35.5. The average Bonchev–Trinajstić information content (AvgIpc) is 2.78. The van der Waals surface area contributed by atoms with Crippen LogP contribution in [0.5, 0.6) is 0 Å². The van der Waals surface area contributed by atoms with Crippen molar-refractivity contribution in [3.63, 3.8) is 0 Å². The molecule has 110 valence electrons. The molecular weight excluding hydrogens is 276 g/mol. The minimum absolute atomic E-state index is 0.0301. The molecule has 1 aromatic carbocycles. The summed E-state index contributed by atoms with van der Waals surface area (Å²) in [5.74, 6) is 0.411. The van der Waals surface area contributed by atoms with Gasteiger partial charge in [-0.25, -0.2) is 0 Å². The third-order valence-corrected chi connectivity index (χ3v) is 4.33. The number of carbonyl (C=O) groups is 1. The fourth-order valence-corrected chi connectivity index (χ4v) is 2.86. The van der Waals surface area contributed by atoms with Gasteiger partial charge in [-0.2, -0.15) is 0 Å². The molecule has 1 heterocycles. The molecule has 1 aliphatic rings. The molecule has 0 aliphatic carbocycles. The summed E-state index contributed by atoms with van der Waals surface area (Å²) < 4.78 is 0. The third kappa shape index (κ3) is 3.72. The lowest BCUT2D eigenvalue weighted by Crippen LogP contribution is -2.42. The van der Waals surface area contributed by atoms with Crippen molar-refractivity contribution in [2.45, 2.75) is 25.9 Å². The second-order valence-corrected chi connectivity index (χ2v) is 5.76. The summed E-state index contributed by atoms with van der Waals surface area (Å²) in [6.45, 7) is 3.86. The molecule has 1 saturated heterocycles. The summed E-state index contributed by atoms with van der Waals surface area (Å²) in [5, 5.41) is 12.9. The van der Waals surface area contributed by atoms with Crippen LogP contribution >= 0.6 is 11.6 Å². The van der Waals surface area contributed by atoms with Crippen LogP contribution in [0.25, 0.3) is 0 Å². The molecule has 0 bridgehead atoms. The Morgan fingerprint density at radius 1 is 1.50 bits per heavy atom. The first-order valence-electron chi connectivity index (χ1n) is 6.97. The topological polar surface area (TPSA) is 52.6 Å². The lowest BCUT2D eigenvalue weighted by atomic mass is 10.0. The molecule has 4 nitrogen and oxygen atoms in total. The quantitative estimate of drug-likeness (QED) is 0.869. The number of hydrogen-bond donors (Lipinski definition) is 2. The van der Waals surface area contributed by atoms with Gasteiger partial charge in [0.15, 0.2) is 0 Å². The van der Waals surface area contributed by atoms with Gasteiger partial charge >= 0.3 is 0 Å². The standard InChI is InChI=1S/C15H21ClN2O2/c1-11-6-7-18(14(11)10-19)9-15(20)17-8-12-4-2-3-5-13(12)16/h2-5,11,14,19H,6-10H2,1H3,(H,17,20). The predicted octanol–water partition coefficient (Wildman–Crippen LogP) is 1.66. The minimum atomic E-state index is -0.0301. The Morgan fingerprint density at radius 3 is 2.95 bits per heavy atom. The molecule has 1 amide bonds. The van der Waals surface area contributed by atoms with E-state index in [9.17, 15) is 9.90 Å². The number of likely N-dealkylation sites (tertiary alicyclic amines) is 1. The largest absolute Gasteiger partial charge is 0.395 e. The summed E-state index contributed by atoms with van der Waals surface area (Å²) in [7, 11) is 0. The molecule has 1 aromatic rings. The number of aliphatic hydroxyl groups excluding tert-OH is 1. The fourth-order valence-electron chi connectivity index (χ4n) is 2.66. The molecule has 2 unspecified atom stereocenters. The van der Waals surface area contributed by atoms with E-state index in [1.165, 1.54) is 0 Å². The Bertz CT molecular complexity index is 467. The SMILES string of the molecule is CC1CCN(CC(=O)NCc2ccccc2Cl)C1CO. The lowest BCUT2D eigenvalue weighted by molar-refractivity contribution is -0.122. The van der Waals surface area contributed by atoms with Crippen molar-refractivity contribution in [3.8, 4) is 0 Å². The zero-order chi connectivity index (χ0) is 14.5. The Hall–Kier alpha value is -1.10. The van der Waals surface area contributed by atoms with Crippen molar-refractivity contribution in [2.24, 2.45) is 5.92 Å². The number of halogens is 1. The normalized spacial score (nSPS) is 22.9. The van der Waals surface area contributed by atoms with E-state index in [2.05, 4.69) is 12.2 Å². The molecule has 5 heteroatoms. The molecular formula is C15H21ClN2O2. The van der Waals surface area contributed by atoms with Gasteiger partial charge in [-0.3, -0.25) is 9.69 Å². The van der Waals surface area contributed by atoms with Gasteiger partial charge in [0.1, 0.15) is 0 Å². The van der Waals surface area contributed by atoms with Crippen molar-refractivity contribution in [3.05, 3.63) is 34.9 Å². The van der Waals surface area contributed by atoms with Crippen molar-refractivity contribution in [1.29, 1.82) is 0 Å².